The Hall–Kier alpha value is 0.310. The fourth-order valence-corrected chi connectivity index (χ4v) is 0.801. The first-order valence-electron chi connectivity index (χ1n) is 2.76. The third kappa shape index (κ3) is 6.19. The molecule has 0 aliphatic heterocycles. The number of halogens is 1. The molecule has 0 heterocycles. The minimum absolute atomic E-state index is 0.0525. The number of alkyl halides is 1. The lowest BCUT2D eigenvalue weighted by atomic mass is 10.1. The van der Waals surface area contributed by atoms with Gasteiger partial charge in [-0.25, -0.2) is 0 Å². The van der Waals surface area contributed by atoms with Crippen LogP contribution >= 0.6 is 24.2 Å². The molecular weight excluding hydrogens is 156 g/mol. The molecule has 1 nitrogen and oxygen atoms in total. The molecule has 0 bridgehead atoms. The predicted molar refractivity (Wildman–Crippen MR) is 43.4 cm³/mol. The van der Waals surface area contributed by atoms with Crippen molar-refractivity contribution >= 4 is 30.0 Å². The van der Waals surface area contributed by atoms with E-state index in [1.807, 2.05) is 13.8 Å². The van der Waals surface area contributed by atoms with Crippen molar-refractivity contribution in [3.05, 3.63) is 0 Å². The largest absolute Gasteiger partial charge is 0.298 e. The fourth-order valence-electron chi connectivity index (χ4n) is 0.530. The minimum Gasteiger partial charge on any atom is -0.298 e. The second-order valence-corrected chi connectivity index (χ2v) is 4.14. The second kappa shape index (κ2) is 3.47. The topological polar surface area (TPSA) is 17.1 Å². The van der Waals surface area contributed by atoms with E-state index in [0.717, 1.165) is 0 Å². The fraction of sp³-hybridized carbons (Fsp3) is 0.833. The van der Waals surface area contributed by atoms with Crippen LogP contribution in [0, 0.1) is 0 Å². The molecule has 0 amide bonds. The quantitative estimate of drug-likeness (QED) is 0.501. The number of rotatable bonds is 3. The zero-order valence-electron chi connectivity index (χ0n) is 5.65. The van der Waals surface area contributed by atoms with Crippen LogP contribution in [0.2, 0.25) is 0 Å². The number of hydrogen-bond acceptors (Lipinski definition) is 2. The average Bonchev–Trinajstić information content (AvgIpc) is 1.62. The Morgan fingerprint density at radius 2 is 2.11 bits per heavy atom. The molecule has 0 spiro atoms. The van der Waals surface area contributed by atoms with E-state index in [1.54, 1.807) is 0 Å². The first-order chi connectivity index (χ1) is 3.95. The van der Waals surface area contributed by atoms with Gasteiger partial charge in [0.15, 0.2) is 0 Å². The number of thiol groups is 1. The van der Waals surface area contributed by atoms with Crippen molar-refractivity contribution in [2.75, 3.05) is 5.88 Å². The van der Waals surface area contributed by atoms with E-state index in [1.165, 1.54) is 0 Å². The van der Waals surface area contributed by atoms with Crippen molar-refractivity contribution in [2.24, 2.45) is 0 Å². The summed E-state index contributed by atoms with van der Waals surface area (Å²) < 4.78 is -0.216. The van der Waals surface area contributed by atoms with E-state index in [2.05, 4.69) is 12.6 Å². The lowest BCUT2D eigenvalue weighted by Crippen LogP contribution is -2.17. The molecule has 0 aromatic carbocycles. The van der Waals surface area contributed by atoms with Crippen LogP contribution in [0.4, 0.5) is 0 Å². The highest BCUT2D eigenvalue weighted by Crippen LogP contribution is 2.16. The Balaban J connectivity index is 3.60. The molecule has 0 N–H and O–H groups in total. The van der Waals surface area contributed by atoms with Crippen molar-refractivity contribution in [2.45, 2.75) is 25.0 Å². The van der Waals surface area contributed by atoms with Gasteiger partial charge < -0.3 is 0 Å². The molecule has 0 fully saturated rings. The average molecular weight is 167 g/mol. The van der Waals surface area contributed by atoms with E-state index in [4.69, 9.17) is 11.6 Å². The van der Waals surface area contributed by atoms with Crippen LogP contribution in [0.5, 0.6) is 0 Å². The SMILES string of the molecule is CC(C)(S)CC(=O)CCl. The van der Waals surface area contributed by atoms with Crippen LogP contribution in [0.3, 0.4) is 0 Å². The summed E-state index contributed by atoms with van der Waals surface area (Å²) in [5.41, 5.74) is 0. The van der Waals surface area contributed by atoms with Gasteiger partial charge in [-0.05, 0) is 0 Å². The summed E-state index contributed by atoms with van der Waals surface area (Å²) in [6, 6.07) is 0. The molecule has 9 heavy (non-hydrogen) atoms. The van der Waals surface area contributed by atoms with Gasteiger partial charge >= 0.3 is 0 Å². The Labute approximate surface area is 66.2 Å². The van der Waals surface area contributed by atoms with Gasteiger partial charge in [-0.2, -0.15) is 12.6 Å². The van der Waals surface area contributed by atoms with Crippen LogP contribution in [-0.4, -0.2) is 16.4 Å². The zero-order chi connectivity index (χ0) is 7.49. The highest BCUT2D eigenvalue weighted by atomic mass is 35.5. The summed E-state index contributed by atoms with van der Waals surface area (Å²) >= 11 is 9.44. The van der Waals surface area contributed by atoms with Crippen molar-refractivity contribution in [3.63, 3.8) is 0 Å². The summed E-state index contributed by atoms with van der Waals surface area (Å²) in [5.74, 6) is 0.154. The molecule has 0 saturated heterocycles. The Bertz CT molecular complexity index is 106. The number of hydrogen-bond donors (Lipinski definition) is 1. The van der Waals surface area contributed by atoms with Gasteiger partial charge in [0.25, 0.3) is 0 Å². The van der Waals surface area contributed by atoms with Gasteiger partial charge in [-0.3, -0.25) is 4.79 Å². The number of Topliss-reactive ketones (excluding diaryl/α,β-unsaturated/α-hetero) is 1. The zero-order valence-corrected chi connectivity index (χ0v) is 7.30. The number of carbonyl (C=O) groups excluding carboxylic acids is 1. The van der Waals surface area contributed by atoms with Crippen molar-refractivity contribution in [3.8, 4) is 0 Å². The third-order valence-electron chi connectivity index (χ3n) is 0.779. The third-order valence-corrected chi connectivity index (χ3v) is 1.24. The highest BCUT2D eigenvalue weighted by Gasteiger charge is 2.15. The molecular formula is C6H11ClOS. The van der Waals surface area contributed by atoms with Gasteiger partial charge in [0.1, 0.15) is 5.78 Å². The van der Waals surface area contributed by atoms with Crippen molar-refractivity contribution in [1.82, 2.24) is 0 Å². The summed E-state index contributed by atoms with van der Waals surface area (Å²) in [6.07, 6.45) is 0.444. The molecule has 0 aromatic heterocycles. The maximum Gasteiger partial charge on any atom is 0.148 e. The summed E-state index contributed by atoms with van der Waals surface area (Å²) in [4.78, 5) is 10.6. The lowest BCUT2D eigenvalue weighted by molar-refractivity contribution is -0.117. The Morgan fingerprint density at radius 3 is 2.22 bits per heavy atom. The first kappa shape index (κ1) is 9.31. The van der Waals surface area contributed by atoms with Crippen molar-refractivity contribution in [1.29, 1.82) is 0 Å². The molecule has 0 rings (SSSR count). The standard InChI is InChI=1S/C6H11ClOS/c1-6(2,9)3-5(8)4-7/h9H,3-4H2,1-2H3. The number of ketones is 1. The molecule has 0 aliphatic rings. The maximum atomic E-state index is 10.6. The van der Waals surface area contributed by atoms with Crippen LogP contribution < -0.4 is 0 Å². The van der Waals surface area contributed by atoms with Gasteiger partial charge in [0.05, 0.1) is 5.88 Å². The normalized spacial score (nSPS) is 11.6. The Kier molecular flexibility index (Phi) is 3.59. The lowest BCUT2D eigenvalue weighted by Gasteiger charge is -2.14. The minimum atomic E-state index is -0.216. The van der Waals surface area contributed by atoms with Gasteiger partial charge in [0.2, 0.25) is 0 Å². The number of carbonyl (C=O) groups is 1. The predicted octanol–water partition coefficient (Wildman–Crippen LogP) is 1.89. The second-order valence-electron chi connectivity index (χ2n) is 2.66. The van der Waals surface area contributed by atoms with E-state index in [-0.39, 0.29) is 16.4 Å². The summed E-state index contributed by atoms with van der Waals surface area (Å²) in [6.45, 7) is 3.78. The van der Waals surface area contributed by atoms with E-state index < -0.39 is 0 Å². The van der Waals surface area contributed by atoms with Crippen LogP contribution in [0.15, 0.2) is 0 Å². The molecule has 0 aliphatic carbocycles. The molecule has 0 radical (unpaired) electrons. The van der Waals surface area contributed by atoms with Crippen LogP contribution in [-0.2, 0) is 4.79 Å². The molecule has 0 unspecified atom stereocenters. The monoisotopic (exact) mass is 166 g/mol. The molecule has 0 aromatic rings. The van der Waals surface area contributed by atoms with Crippen LogP contribution in [0.1, 0.15) is 20.3 Å². The van der Waals surface area contributed by atoms with Gasteiger partial charge in [-0.1, -0.05) is 13.8 Å². The molecule has 3 heteroatoms. The van der Waals surface area contributed by atoms with Crippen molar-refractivity contribution < 1.29 is 4.79 Å². The smallest absolute Gasteiger partial charge is 0.148 e. The highest BCUT2D eigenvalue weighted by molar-refractivity contribution is 7.81. The van der Waals surface area contributed by atoms with Gasteiger partial charge in [-0.15, -0.1) is 11.6 Å². The van der Waals surface area contributed by atoms with E-state index in [9.17, 15) is 4.79 Å². The maximum absolute atomic E-state index is 10.6. The van der Waals surface area contributed by atoms with E-state index >= 15 is 0 Å². The van der Waals surface area contributed by atoms with Gasteiger partial charge in [0, 0.05) is 11.2 Å². The molecule has 0 saturated carbocycles. The molecule has 0 atom stereocenters. The summed E-state index contributed by atoms with van der Waals surface area (Å²) in [7, 11) is 0. The summed E-state index contributed by atoms with van der Waals surface area (Å²) in [5, 5.41) is 0. The van der Waals surface area contributed by atoms with Crippen LogP contribution in [0.25, 0.3) is 0 Å². The first-order valence-corrected chi connectivity index (χ1v) is 3.74. The van der Waals surface area contributed by atoms with E-state index in [0.29, 0.717) is 6.42 Å². The Morgan fingerprint density at radius 1 is 1.67 bits per heavy atom. The molecule has 54 valence electrons.